The summed E-state index contributed by atoms with van der Waals surface area (Å²) in [5.74, 6) is 0. The Labute approximate surface area is 97.4 Å². The first kappa shape index (κ1) is 9.54. The maximum absolute atomic E-state index is 4.60. The fourth-order valence-electron chi connectivity index (χ4n) is 1.76. The number of thiazole rings is 1. The molecule has 0 saturated heterocycles. The number of pyridine rings is 1. The van der Waals surface area contributed by atoms with Crippen molar-refractivity contribution in [3.63, 3.8) is 0 Å². The van der Waals surface area contributed by atoms with Crippen LogP contribution in [0.1, 0.15) is 10.6 Å². The molecular formula is C12H11N3S. The lowest BCUT2D eigenvalue weighted by Gasteiger charge is -1.93. The fourth-order valence-corrected chi connectivity index (χ4v) is 2.36. The second-order valence-corrected chi connectivity index (χ2v) is 4.86. The summed E-state index contributed by atoms with van der Waals surface area (Å²) >= 11 is 1.65. The monoisotopic (exact) mass is 229 g/mol. The number of fused-ring (bicyclic) bond motifs is 1. The van der Waals surface area contributed by atoms with E-state index in [-0.39, 0.29) is 0 Å². The molecule has 0 aliphatic heterocycles. The van der Waals surface area contributed by atoms with Crippen molar-refractivity contribution in [3.8, 4) is 11.4 Å². The Kier molecular flexibility index (Phi) is 2.04. The number of imidazole rings is 1. The van der Waals surface area contributed by atoms with Crippen LogP contribution in [-0.2, 0) is 0 Å². The molecule has 0 radical (unpaired) electrons. The number of aromatic nitrogens is 3. The van der Waals surface area contributed by atoms with E-state index in [2.05, 4.69) is 23.0 Å². The first-order valence-electron chi connectivity index (χ1n) is 5.11. The highest BCUT2D eigenvalue weighted by molar-refractivity contribution is 7.09. The predicted molar refractivity (Wildman–Crippen MR) is 65.8 cm³/mol. The average Bonchev–Trinajstić information content (AvgIpc) is 2.84. The standard InChI is InChI=1S/C12H11N3S/c1-8-4-3-5-15-6-10(14-12(8)15)11-7-16-9(2)13-11/h3-7H,1-2H3. The first-order valence-corrected chi connectivity index (χ1v) is 5.99. The molecule has 0 bridgehead atoms. The van der Waals surface area contributed by atoms with E-state index in [1.54, 1.807) is 11.3 Å². The third-order valence-corrected chi connectivity index (χ3v) is 3.33. The maximum atomic E-state index is 4.60. The highest BCUT2D eigenvalue weighted by Crippen LogP contribution is 2.22. The van der Waals surface area contributed by atoms with Gasteiger partial charge in [0.15, 0.2) is 0 Å². The van der Waals surface area contributed by atoms with Crippen molar-refractivity contribution in [1.29, 1.82) is 0 Å². The molecule has 4 heteroatoms. The zero-order valence-electron chi connectivity index (χ0n) is 9.14. The molecule has 3 nitrogen and oxygen atoms in total. The van der Waals surface area contributed by atoms with Crippen LogP contribution in [0.15, 0.2) is 29.9 Å². The molecule has 0 amide bonds. The van der Waals surface area contributed by atoms with Crippen molar-refractivity contribution in [3.05, 3.63) is 40.5 Å². The highest BCUT2D eigenvalue weighted by atomic mass is 32.1. The molecule has 80 valence electrons. The molecule has 3 aromatic rings. The Morgan fingerprint density at radius 3 is 2.75 bits per heavy atom. The van der Waals surface area contributed by atoms with Gasteiger partial charge in [-0.1, -0.05) is 6.07 Å². The van der Waals surface area contributed by atoms with Crippen LogP contribution in [0, 0.1) is 13.8 Å². The van der Waals surface area contributed by atoms with E-state index in [0.29, 0.717) is 0 Å². The van der Waals surface area contributed by atoms with Crippen LogP contribution in [0.2, 0.25) is 0 Å². The van der Waals surface area contributed by atoms with Crippen LogP contribution in [0.4, 0.5) is 0 Å². The van der Waals surface area contributed by atoms with Crippen molar-refractivity contribution in [2.75, 3.05) is 0 Å². The van der Waals surface area contributed by atoms with Gasteiger partial charge in [0.25, 0.3) is 0 Å². The van der Waals surface area contributed by atoms with Gasteiger partial charge < -0.3 is 4.40 Å². The van der Waals surface area contributed by atoms with Gasteiger partial charge in [0.1, 0.15) is 17.0 Å². The minimum Gasteiger partial charge on any atom is -0.306 e. The van der Waals surface area contributed by atoms with E-state index in [1.165, 1.54) is 5.56 Å². The summed E-state index contributed by atoms with van der Waals surface area (Å²) in [6.07, 6.45) is 4.04. The zero-order valence-corrected chi connectivity index (χ0v) is 9.95. The number of rotatable bonds is 1. The summed E-state index contributed by atoms with van der Waals surface area (Å²) < 4.78 is 2.04. The van der Waals surface area contributed by atoms with Crippen LogP contribution in [0.5, 0.6) is 0 Å². The number of nitrogens with zero attached hydrogens (tertiary/aromatic N) is 3. The molecule has 0 fully saturated rings. The van der Waals surface area contributed by atoms with Gasteiger partial charge >= 0.3 is 0 Å². The smallest absolute Gasteiger partial charge is 0.140 e. The molecule has 16 heavy (non-hydrogen) atoms. The molecule has 3 aromatic heterocycles. The molecule has 0 atom stereocenters. The first-order chi connectivity index (χ1) is 7.74. The van der Waals surface area contributed by atoms with Gasteiger partial charge in [-0.2, -0.15) is 0 Å². The van der Waals surface area contributed by atoms with Gasteiger partial charge in [-0.3, -0.25) is 0 Å². The second kappa shape index (κ2) is 3.42. The lowest BCUT2D eigenvalue weighted by Crippen LogP contribution is -1.83. The minimum atomic E-state index is 0.943. The molecule has 3 rings (SSSR count). The van der Waals surface area contributed by atoms with Crippen LogP contribution in [0.3, 0.4) is 0 Å². The van der Waals surface area contributed by atoms with E-state index in [1.807, 2.05) is 35.2 Å². The van der Waals surface area contributed by atoms with Gasteiger partial charge in [-0.25, -0.2) is 9.97 Å². The predicted octanol–water partition coefficient (Wildman–Crippen LogP) is 3.07. The van der Waals surface area contributed by atoms with Crippen LogP contribution in [-0.4, -0.2) is 14.4 Å². The molecule has 0 aliphatic rings. The second-order valence-electron chi connectivity index (χ2n) is 3.80. The van der Waals surface area contributed by atoms with Crippen molar-refractivity contribution in [2.45, 2.75) is 13.8 Å². The van der Waals surface area contributed by atoms with Crippen molar-refractivity contribution in [2.24, 2.45) is 0 Å². The fraction of sp³-hybridized carbons (Fsp3) is 0.167. The van der Waals surface area contributed by atoms with E-state index >= 15 is 0 Å². The van der Waals surface area contributed by atoms with Gasteiger partial charge in [0, 0.05) is 17.8 Å². The molecule has 0 aliphatic carbocycles. The number of aryl methyl sites for hydroxylation is 2. The quantitative estimate of drug-likeness (QED) is 0.642. The number of hydrogen-bond acceptors (Lipinski definition) is 3. The van der Waals surface area contributed by atoms with Crippen LogP contribution in [0.25, 0.3) is 17.0 Å². The Morgan fingerprint density at radius 2 is 2.06 bits per heavy atom. The van der Waals surface area contributed by atoms with Crippen molar-refractivity contribution < 1.29 is 0 Å². The summed E-state index contributed by atoms with van der Waals surface area (Å²) in [4.78, 5) is 9.05. The summed E-state index contributed by atoms with van der Waals surface area (Å²) in [6.45, 7) is 4.08. The van der Waals surface area contributed by atoms with Gasteiger partial charge in [0.2, 0.25) is 0 Å². The van der Waals surface area contributed by atoms with Gasteiger partial charge in [-0.05, 0) is 25.5 Å². The Balaban J connectivity index is 2.22. The highest BCUT2D eigenvalue weighted by Gasteiger charge is 2.08. The molecule has 0 spiro atoms. The molecule has 0 unspecified atom stereocenters. The topological polar surface area (TPSA) is 30.2 Å². The Bertz CT molecular complexity index is 651. The summed E-state index contributed by atoms with van der Waals surface area (Å²) in [6, 6.07) is 4.10. The lowest BCUT2D eigenvalue weighted by molar-refractivity contribution is 1.16. The molecule has 3 heterocycles. The van der Waals surface area contributed by atoms with E-state index in [4.69, 9.17) is 0 Å². The Hall–Kier alpha value is -1.68. The summed E-state index contributed by atoms with van der Waals surface area (Å²) in [5, 5.41) is 3.12. The molecule has 0 aromatic carbocycles. The van der Waals surface area contributed by atoms with Gasteiger partial charge in [-0.15, -0.1) is 11.3 Å². The third-order valence-electron chi connectivity index (χ3n) is 2.56. The van der Waals surface area contributed by atoms with Crippen molar-refractivity contribution in [1.82, 2.24) is 14.4 Å². The van der Waals surface area contributed by atoms with Crippen LogP contribution >= 0.6 is 11.3 Å². The minimum absolute atomic E-state index is 0.943. The number of hydrogen-bond donors (Lipinski definition) is 0. The van der Waals surface area contributed by atoms with Gasteiger partial charge in [0.05, 0.1) is 5.01 Å². The van der Waals surface area contributed by atoms with E-state index in [9.17, 15) is 0 Å². The molecule has 0 saturated carbocycles. The van der Waals surface area contributed by atoms with E-state index < -0.39 is 0 Å². The summed E-state index contributed by atoms with van der Waals surface area (Å²) in [5.41, 5.74) is 4.09. The molecular weight excluding hydrogens is 218 g/mol. The third kappa shape index (κ3) is 1.42. The lowest BCUT2D eigenvalue weighted by atomic mass is 10.3. The summed E-state index contributed by atoms with van der Waals surface area (Å²) in [7, 11) is 0. The zero-order chi connectivity index (χ0) is 11.1. The maximum Gasteiger partial charge on any atom is 0.140 e. The average molecular weight is 229 g/mol. The largest absolute Gasteiger partial charge is 0.306 e. The van der Waals surface area contributed by atoms with Crippen molar-refractivity contribution >= 4 is 17.0 Å². The van der Waals surface area contributed by atoms with Crippen LogP contribution < -0.4 is 0 Å². The van der Waals surface area contributed by atoms with E-state index in [0.717, 1.165) is 22.0 Å². The SMILES string of the molecule is Cc1nc(-c2cn3cccc(C)c3n2)cs1. The Morgan fingerprint density at radius 1 is 1.19 bits per heavy atom. The molecule has 0 N–H and O–H groups in total. The normalized spacial score (nSPS) is 11.1.